The number of amides is 1. The van der Waals surface area contributed by atoms with Gasteiger partial charge in [-0.05, 0) is 81.4 Å². The van der Waals surface area contributed by atoms with E-state index in [9.17, 15) is 15.0 Å². The molecular weight excluding hydrogens is 460 g/mol. The molecule has 0 radical (unpaired) electrons. The SMILES string of the molecule is CC(C)C(O)C(=O)N(C)C1CCC2=CC3=CCC4(C)C(C(C)N(C)C)CCC4(C)C3C=CC2C1(C)CO. The highest BCUT2D eigenvalue weighted by Crippen LogP contribution is 2.67. The standard InChI is InChI=1S/C32H52N2O3/c1-20(2)28(36)29(37)34(9)27-13-10-22-18-23-14-16-31(5)24(21(3)33(7)8)15-17-32(31,6)26(23)12-11-25(22)30(27,4)19-35/h11-12,14,18,20-21,24-28,35-36H,10,13,15-17,19H2,1-9H3. The van der Waals surface area contributed by atoms with Crippen molar-refractivity contribution < 1.29 is 15.0 Å². The third kappa shape index (κ3) is 4.28. The first kappa shape index (κ1) is 28.6. The van der Waals surface area contributed by atoms with Crippen molar-refractivity contribution >= 4 is 5.91 Å². The smallest absolute Gasteiger partial charge is 0.251 e. The van der Waals surface area contributed by atoms with Crippen molar-refractivity contribution in [2.45, 2.75) is 91.8 Å². The summed E-state index contributed by atoms with van der Waals surface area (Å²) in [6.45, 7) is 13.3. The van der Waals surface area contributed by atoms with Crippen LogP contribution in [0.15, 0.2) is 35.5 Å². The number of fused-ring (bicyclic) bond motifs is 4. The molecule has 208 valence electrons. The Morgan fingerprint density at radius 3 is 2.30 bits per heavy atom. The molecule has 0 aliphatic heterocycles. The van der Waals surface area contributed by atoms with E-state index < -0.39 is 11.5 Å². The van der Waals surface area contributed by atoms with Gasteiger partial charge in [0.1, 0.15) is 6.10 Å². The maximum Gasteiger partial charge on any atom is 0.251 e. The van der Waals surface area contributed by atoms with Gasteiger partial charge in [0.05, 0.1) is 6.61 Å². The van der Waals surface area contributed by atoms with Gasteiger partial charge in [0.25, 0.3) is 5.91 Å². The molecule has 0 bridgehead atoms. The van der Waals surface area contributed by atoms with Gasteiger partial charge in [-0.1, -0.05) is 64.5 Å². The molecule has 2 saturated carbocycles. The first-order valence-corrected chi connectivity index (χ1v) is 14.5. The third-order valence-corrected chi connectivity index (χ3v) is 11.8. The summed E-state index contributed by atoms with van der Waals surface area (Å²) in [5, 5.41) is 21.3. The number of rotatable bonds is 6. The molecule has 9 unspecified atom stereocenters. The molecule has 4 aliphatic carbocycles. The van der Waals surface area contributed by atoms with Crippen molar-refractivity contribution in [3.05, 3.63) is 35.5 Å². The lowest BCUT2D eigenvalue weighted by Crippen LogP contribution is -2.57. The molecule has 4 rings (SSSR count). The summed E-state index contributed by atoms with van der Waals surface area (Å²) in [6, 6.07) is 0.419. The zero-order chi connectivity index (χ0) is 27.5. The van der Waals surface area contributed by atoms with Gasteiger partial charge < -0.3 is 20.0 Å². The van der Waals surface area contributed by atoms with E-state index >= 15 is 0 Å². The second kappa shape index (κ2) is 9.95. The van der Waals surface area contributed by atoms with E-state index in [-0.39, 0.29) is 41.2 Å². The van der Waals surface area contributed by atoms with E-state index in [0.717, 1.165) is 19.3 Å². The van der Waals surface area contributed by atoms with E-state index in [4.69, 9.17) is 0 Å². The number of carbonyl (C=O) groups is 1. The number of likely N-dealkylation sites (N-methyl/N-ethyl adjacent to an activating group) is 1. The molecule has 0 aromatic carbocycles. The van der Waals surface area contributed by atoms with Crippen LogP contribution in [0.4, 0.5) is 0 Å². The number of allylic oxidation sites excluding steroid dienone is 6. The van der Waals surface area contributed by atoms with Crippen LogP contribution in [0.2, 0.25) is 0 Å². The predicted octanol–water partition coefficient (Wildman–Crippen LogP) is 5.05. The van der Waals surface area contributed by atoms with Crippen molar-refractivity contribution in [2.75, 3.05) is 27.7 Å². The molecule has 2 N–H and O–H groups in total. The highest BCUT2D eigenvalue weighted by molar-refractivity contribution is 5.81. The first-order valence-electron chi connectivity index (χ1n) is 14.5. The van der Waals surface area contributed by atoms with Crippen LogP contribution in [-0.2, 0) is 4.79 Å². The monoisotopic (exact) mass is 512 g/mol. The summed E-state index contributed by atoms with van der Waals surface area (Å²) in [5.74, 6) is 0.726. The highest BCUT2D eigenvalue weighted by Gasteiger charge is 2.60. The average Bonchev–Trinajstić information content (AvgIpc) is 3.00. The van der Waals surface area contributed by atoms with Crippen LogP contribution in [0.1, 0.15) is 73.6 Å². The van der Waals surface area contributed by atoms with E-state index in [1.54, 1.807) is 11.9 Å². The number of aliphatic hydroxyl groups is 2. The fourth-order valence-electron chi connectivity index (χ4n) is 8.66. The largest absolute Gasteiger partial charge is 0.396 e. The number of hydrogen-bond donors (Lipinski definition) is 2. The van der Waals surface area contributed by atoms with Gasteiger partial charge in [-0.15, -0.1) is 0 Å². The summed E-state index contributed by atoms with van der Waals surface area (Å²) in [6.07, 6.45) is 14.1. The molecule has 2 fully saturated rings. The summed E-state index contributed by atoms with van der Waals surface area (Å²) in [7, 11) is 6.23. The molecule has 9 atom stereocenters. The Balaban J connectivity index is 1.69. The number of aliphatic hydroxyl groups excluding tert-OH is 2. The minimum Gasteiger partial charge on any atom is -0.396 e. The molecule has 37 heavy (non-hydrogen) atoms. The minimum absolute atomic E-state index is 0.000524. The van der Waals surface area contributed by atoms with Crippen LogP contribution in [-0.4, -0.2) is 71.9 Å². The lowest BCUT2D eigenvalue weighted by atomic mass is 9.52. The van der Waals surface area contributed by atoms with Gasteiger partial charge in [0.15, 0.2) is 0 Å². The molecule has 5 heteroatoms. The van der Waals surface area contributed by atoms with Crippen LogP contribution < -0.4 is 0 Å². The van der Waals surface area contributed by atoms with E-state index in [1.165, 1.54) is 24.0 Å². The molecule has 0 saturated heterocycles. The van der Waals surface area contributed by atoms with Gasteiger partial charge >= 0.3 is 0 Å². The Hall–Kier alpha value is -1.43. The summed E-state index contributed by atoms with van der Waals surface area (Å²) in [5.41, 5.74) is 2.76. The van der Waals surface area contributed by atoms with Crippen molar-refractivity contribution in [1.82, 2.24) is 9.80 Å². The predicted molar refractivity (Wildman–Crippen MR) is 151 cm³/mol. The Bertz CT molecular complexity index is 983. The van der Waals surface area contributed by atoms with Crippen molar-refractivity contribution in [1.29, 1.82) is 0 Å². The maximum absolute atomic E-state index is 13.1. The van der Waals surface area contributed by atoms with E-state index in [2.05, 4.69) is 71.0 Å². The van der Waals surface area contributed by atoms with Crippen LogP contribution in [0.25, 0.3) is 0 Å². The van der Waals surface area contributed by atoms with Gasteiger partial charge in [-0.2, -0.15) is 0 Å². The van der Waals surface area contributed by atoms with Crippen LogP contribution in [0.5, 0.6) is 0 Å². The third-order valence-electron chi connectivity index (χ3n) is 11.8. The van der Waals surface area contributed by atoms with E-state index in [0.29, 0.717) is 17.9 Å². The second-order valence-corrected chi connectivity index (χ2v) is 14.0. The van der Waals surface area contributed by atoms with Gasteiger partial charge in [0, 0.05) is 36.4 Å². The highest BCUT2D eigenvalue weighted by atomic mass is 16.3. The zero-order valence-corrected chi connectivity index (χ0v) is 24.8. The van der Waals surface area contributed by atoms with Crippen LogP contribution in [0.3, 0.4) is 0 Å². The lowest BCUT2D eigenvalue weighted by molar-refractivity contribution is -0.148. The second-order valence-electron chi connectivity index (χ2n) is 14.0. The Kier molecular flexibility index (Phi) is 7.69. The van der Waals surface area contributed by atoms with Crippen molar-refractivity contribution in [2.24, 2.45) is 39.9 Å². The molecule has 0 heterocycles. The summed E-state index contributed by atoms with van der Waals surface area (Å²) < 4.78 is 0. The Morgan fingerprint density at radius 1 is 1.05 bits per heavy atom. The van der Waals surface area contributed by atoms with Gasteiger partial charge in [0.2, 0.25) is 0 Å². The normalized spacial score (nSPS) is 40.8. The summed E-state index contributed by atoms with van der Waals surface area (Å²) in [4.78, 5) is 17.2. The maximum atomic E-state index is 13.1. The molecule has 1 amide bonds. The topological polar surface area (TPSA) is 64.0 Å². The first-order chi connectivity index (χ1) is 17.2. The number of hydrogen-bond acceptors (Lipinski definition) is 4. The van der Waals surface area contributed by atoms with Crippen LogP contribution in [0, 0.1) is 39.9 Å². The quantitative estimate of drug-likeness (QED) is 0.489. The van der Waals surface area contributed by atoms with Gasteiger partial charge in [-0.25, -0.2) is 0 Å². The Morgan fingerprint density at radius 2 is 1.70 bits per heavy atom. The molecule has 0 spiro atoms. The van der Waals surface area contributed by atoms with Crippen LogP contribution >= 0.6 is 0 Å². The van der Waals surface area contributed by atoms with Crippen molar-refractivity contribution in [3.63, 3.8) is 0 Å². The Labute approximate surface area is 225 Å². The molecule has 5 nitrogen and oxygen atoms in total. The van der Waals surface area contributed by atoms with E-state index in [1.807, 2.05) is 13.8 Å². The fourth-order valence-corrected chi connectivity index (χ4v) is 8.66. The molecular formula is C32H52N2O3. The molecule has 0 aromatic heterocycles. The zero-order valence-electron chi connectivity index (χ0n) is 24.8. The fraction of sp³-hybridized carbons (Fsp3) is 0.781. The number of nitrogens with zero attached hydrogens (tertiary/aromatic N) is 2. The average molecular weight is 513 g/mol. The van der Waals surface area contributed by atoms with Gasteiger partial charge in [-0.3, -0.25) is 4.79 Å². The minimum atomic E-state index is -1.01. The lowest BCUT2D eigenvalue weighted by Gasteiger charge is -2.53. The van der Waals surface area contributed by atoms with Crippen molar-refractivity contribution in [3.8, 4) is 0 Å². The molecule has 4 aliphatic rings. The number of carbonyl (C=O) groups excluding carboxylic acids is 1. The molecule has 0 aromatic rings. The summed E-state index contributed by atoms with van der Waals surface area (Å²) >= 11 is 0.